The zero-order chi connectivity index (χ0) is 16.5. The summed E-state index contributed by atoms with van der Waals surface area (Å²) in [5.74, 6) is 0.705. The third kappa shape index (κ3) is 3.39. The molecule has 0 saturated heterocycles. The molecular formula is C16H22N2O3S. The average molecular weight is 322 g/mol. The van der Waals surface area contributed by atoms with Crippen molar-refractivity contribution in [1.29, 1.82) is 0 Å². The van der Waals surface area contributed by atoms with Crippen molar-refractivity contribution in [2.45, 2.75) is 52.0 Å². The number of hydrogen-bond acceptors (Lipinski definition) is 4. The van der Waals surface area contributed by atoms with Crippen LogP contribution in [0.3, 0.4) is 0 Å². The molecule has 1 heterocycles. The van der Waals surface area contributed by atoms with Crippen LogP contribution in [-0.4, -0.2) is 13.6 Å². The first kappa shape index (κ1) is 16.7. The van der Waals surface area contributed by atoms with Crippen molar-refractivity contribution in [3.8, 4) is 0 Å². The van der Waals surface area contributed by atoms with E-state index in [4.69, 9.17) is 4.52 Å². The molecule has 0 radical (unpaired) electrons. The number of aromatic nitrogens is 1. The smallest absolute Gasteiger partial charge is 0.246 e. The van der Waals surface area contributed by atoms with Crippen LogP contribution < -0.4 is 4.72 Å². The van der Waals surface area contributed by atoms with E-state index in [1.165, 1.54) is 5.56 Å². The number of rotatable bonds is 5. The Morgan fingerprint density at radius 2 is 1.91 bits per heavy atom. The maximum absolute atomic E-state index is 12.4. The molecule has 0 aliphatic heterocycles. The van der Waals surface area contributed by atoms with E-state index in [1.54, 1.807) is 13.8 Å². The molecule has 0 spiro atoms. The second kappa shape index (κ2) is 6.22. The predicted molar refractivity (Wildman–Crippen MR) is 85.3 cm³/mol. The van der Waals surface area contributed by atoms with Gasteiger partial charge in [0.25, 0.3) is 0 Å². The quantitative estimate of drug-likeness (QED) is 0.917. The minimum Gasteiger partial charge on any atom is -0.360 e. The van der Waals surface area contributed by atoms with Crippen molar-refractivity contribution in [2.75, 3.05) is 0 Å². The number of benzene rings is 1. The molecule has 0 aliphatic rings. The van der Waals surface area contributed by atoms with E-state index in [-0.39, 0.29) is 11.4 Å². The molecule has 0 amide bonds. The zero-order valence-corrected chi connectivity index (χ0v) is 14.4. The first-order chi connectivity index (χ1) is 10.2. The Kier molecular flexibility index (Phi) is 4.72. The highest BCUT2D eigenvalue weighted by molar-refractivity contribution is 7.89. The normalized spacial score (nSPS) is 12.1. The molecule has 0 fully saturated rings. The van der Waals surface area contributed by atoms with Gasteiger partial charge in [-0.3, -0.25) is 0 Å². The highest BCUT2D eigenvalue weighted by Crippen LogP contribution is 2.21. The first-order valence-electron chi connectivity index (χ1n) is 7.24. The molecule has 1 aromatic heterocycles. The van der Waals surface area contributed by atoms with E-state index >= 15 is 0 Å². The van der Waals surface area contributed by atoms with Crippen LogP contribution in [-0.2, 0) is 16.6 Å². The zero-order valence-electron chi connectivity index (χ0n) is 13.6. The standard InChI is InChI=1S/C16H22N2O3S/c1-10(2)14-7-6-11(3)15(8-14)9-17-22(19,20)16-12(4)18-21-13(16)5/h6-8,10,17H,9H2,1-5H3. The van der Waals surface area contributed by atoms with Crippen molar-refractivity contribution in [3.05, 3.63) is 46.3 Å². The molecular weight excluding hydrogens is 300 g/mol. The maximum Gasteiger partial charge on any atom is 0.246 e. The molecule has 0 saturated carbocycles. The van der Waals surface area contributed by atoms with Crippen LogP contribution in [0.1, 0.15) is 47.9 Å². The van der Waals surface area contributed by atoms with E-state index in [0.717, 1.165) is 11.1 Å². The maximum atomic E-state index is 12.4. The predicted octanol–water partition coefficient (Wildman–Crippen LogP) is 3.20. The SMILES string of the molecule is Cc1ccc(C(C)C)cc1CNS(=O)(=O)c1c(C)noc1C. The van der Waals surface area contributed by atoms with Crippen molar-refractivity contribution in [1.82, 2.24) is 9.88 Å². The van der Waals surface area contributed by atoms with Gasteiger partial charge in [0.05, 0.1) is 0 Å². The van der Waals surface area contributed by atoms with Crippen LogP contribution in [0.5, 0.6) is 0 Å². The second-order valence-electron chi connectivity index (χ2n) is 5.82. The van der Waals surface area contributed by atoms with Gasteiger partial charge in [-0.15, -0.1) is 0 Å². The molecule has 0 aliphatic carbocycles. The van der Waals surface area contributed by atoms with E-state index in [0.29, 0.717) is 17.4 Å². The molecule has 2 rings (SSSR count). The van der Waals surface area contributed by atoms with Crippen LogP contribution in [0.25, 0.3) is 0 Å². The fourth-order valence-electron chi connectivity index (χ4n) is 2.34. The van der Waals surface area contributed by atoms with Gasteiger partial charge in [0, 0.05) is 6.54 Å². The summed E-state index contributed by atoms with van der Waals surface area (Å²) in [5, 5.41) is 3.70. The third-order valence-electron chi connectivity index (χ3n) is 3.73. The van der Waals surface area contributed by atoms with Gasteiger partial charge >= 0.3 is 0 Å². The van der Waals surface area contributed by atoms with Gasteiger partial charge in [-0.1, -0.05) is 37.2 Å². The fourth-order valence-corrected chi connectivity index (χ4v) is 3.68. The number of hydrogen-bond donors (Lipinski definition) is 1. The van der Waals surface area contributed by atoms with Crippen LogP contribution >= 0.6 is 0 Å². The molecule has 5 nitrogen and oxygen atoms in total. The summed E-state index contributed by atoms with van der Waals surface area (Å²) >= 11 is 0. The lowest BCUT2D eigenvalue weighted by molar-refractivity contribution is 0.390. The fraction of sp³-hybridized carbons (Fsp3) is 0.438. The summed E-state index contributed by atoms with van der Waals surface area (Å²) in [6.07, 6.45) is 0. The lowest BCUT2D eigenvalue weighted by atomic mass is 9.98. The molecule has 2 aromatic rings. The Balaban J connectivity index is 2.25. The monoisotopic (exact) mass is 322 g/mol. The van der Waals surface area contributed by atoms with Gasteiger partial charge in [-0.2, -0.15) is 0 Å². The number of sulfonamides is 1. The summed E-state index contributed by atoms with van der Waals surface area (Å²) in [6, 6.07) is 6.15. The Bertz CT molecular complexity index is 757. The third-order valence-corrected chi connectivity index (χ3v) is 5.37. The van der Waals surface area contributed by atoms with Gasteiger partial charge < -0.3 is 4.52 Å². The van der Waals surface area contributed by atoms with Crippen LogP contribution in [0.4, 0.5) is 0 Å². The van der Waals surface area contributed by atoms with Gasteiger partial charge in [-0.05, 0) is 43.4 Å². The first-order valence-corrected chi connectivity index (χ1v) is 8.72. The number of nitrogens with zero attached hydrogens (tertiary/aromatic N) is 1. The van der Waals surface area contributed by atoms with Gasteiger partial charge in [0.2, 0.25) is 10.0 Å². The van der Waals surface area contributed by atoms with Crippen LogP contribution in [0, 0.1) is 20.8 Å². The van der Waals surface area contributed by atoms with Gasteiger partial charge in [-0.25, -0.2) is 13.1 Å². The van der Waals surface area contributed by atoms with Gasteiger partial charge in [0.15, 0.2) is 5.76 Å². The summed E-state index contributed by atoms with van der Waals surface area (Å²) < 4.78 is 32.4. The second-order valence-corrected chi connectivity index (χ2v) is 7.52. The average Bonchev–Trinajstić information content (AvgIpc) is 2.77. The molecule has 120 valence electrons. The van der Waals surface area contributed by atoms with Crippen molar-refractivity contribution >= 4 is 10.0 Å². The number of aryl methyl sites for hydroxylation is 3. The molecule has 1 N–H and O–H groups in total. The summed E-state index contributed by atoms with van der Waals surface area (Å²) in [7, 11) is -3.63. The Labute approximate surface area is 131 Å². The van der Waals surface area contributed by atoms with E-state index in [2.05, 4.69) is 35.9 Å². The van der Waals surface area contributed by atoms with E-state index in [9.17, 15) is 8.42 Å². The lowest BCUT2D eigenvalue weighted by Crippen LogP contribution is -2.24. The van der Waals surface area contributed by atoms with E-state index < -0.39 is 10.0 Å². The summed E-state index contributed by atoms with van der Waals surface area (Å²) in [4.78, 5) is 0.130. The largest absolute Gasteiger partial charge is 0.360 e. The highest BCUT2D eigenvalue weighted by atomic mass is 32.2. The summed E-state index contributed by atoms with van der Waals surface area (Å²) in [6.45, 7) is 9.67. The minimum atomic E-state index is -3.63. The van der Waals surface area contributed by atoms with Crippen molar-refractivity contribution in [2.24, 2.45) is 0 Å². The van der Waals surface area contributed by atoms with Crippen LogP contribution in [0.15, 0.2) is 27.6 Å². The highest BCUT2D eigenvalue weighted by Gasteiger charge is 2.24. The number of nitrogens with one attached hydrogen (secondary N) is 1. The topological polar surface area (TPSA) is 72.2 Å². The van der Waals surface area contributed by atoms with Crippen LogP contribution in [0.2, 0.25) is 0 Å². The molecule has 0 unspecified atom stereocenters. The Morgan fingerprint density at radius 1 is 1.23 bits per heavy atom. The Hall–Kier alpha value is -1.66. The lowest BCUT2D eigenvalue weighted by Gasteiger charge is -2.12. The molecule has 22 heavy (non-hydrogen) atoms. The molecule has 0 bridgehead atoms. The minimum absolute atomic E-state index is 0.130. The van der Waals surface area contributed by atoms with Crippen molar-refractivity contribution in [3.63, 3.8) is 0 Å². The Morgan fingerprint density at radius 3 is 2.45 bits per heavy atom. The summed E-state index contributed by atoms with van der Waals surface area (Å²) in [5.41, 5.74) is 3.60. The van der Waals surface area contributed by atoms with Crippen molar-refractivity contribution < 1.29 is 12.9 Å². The van der Waals surface area contributed by atoms with E-state index in [1.807, 2.05) is 13.0 Å². The molecule has 1 aromatic carbocycles. The molecule has 6 heteroatoms. The molecule has 0 atom stereocenters. The van der Waals surface area contributed by atoms with Gasteiger partial charge in [0.1, 0.15) is 10.6 Å².